The standard InChI is InChI=1S/C10H13BO/c11-5-3-8-1-2-10-9(7-8)4-6-12-10/h1-2,7H,3-6,11H2. The number of benzene rings is 1. The van der Waals surface area contributed by atoms with Gasteiger partial charge in [0, 0.05) is 6.42 Å². The fraction of sp³-hybridized carbons (Fsp3) is 0.400. The SMILES string of the molecule is BCCc1ccc2c(c1)CCO2. The number of ether oxygens (including phenoxy) is 1. The molecule has 0 fully saturated rings. The molecule has 0 saturated heterocycles. The molecular formula is C10H13BO. The van der Waals surface area contributed by atoms with Gasteiger partial charge in [0.25, 0.3) is 0 Å². The van der Waals surface area contributed by atoms with Crippen LogP contribution in [0.25, 0.3) is 0 Å². The van der Waals surface area contributed by atoms with Crippen LogP contribution in [0.5, 0.6) is 5.75 Å². The molecule has 0 spiro atoms. The van der Waals surface area contributed by atoms with Crippen molar-refractivity contribution in [3.05, 3.63) is 29.3 Å². The van der Waals surface area contributed by atoms with E-state index in [-0.39, 0.29) is 0 Å². The summed E-state index contributed by atoms with van der Waals surface area (Å²) >= 11 is 0. The van der Waals surface area contributed by atoms with Gasteiger partial charge in [-0.1, -0.05) is 18.5 Å². The van der Waals surface area contributed by atoms with Gasteiger partial charge >= 0.3 is 0 Å². The molecule has 1 aromatic carbocycles. The summed E-state index contributed by atoms with van der Waals surface area (Å²) in [5.74, 6) is 1.09. The fourth-order valence-electron chi connectivity index (χ4n) is 1.68. The van der Waals surface area contributed by atoms with Crippen molar-refractivity contribution >= 4 is 7.85 Å². The van der Waals surface area contributed by atoms with E-state index in [1.165, 1.54) is 23.9 Å². The predicted octanol–water partition coefficient (Wildman–Crippen LogP) is 1.22. The van der Waals surface area contributed by atoms with Crippen LogP contribution in [0.3, 0.4) is 0 Å². The first-order chi connectivity index (χ1) is 5.90. The lowest BCUT2D eigenvalue weighted by atomic mass is 9.96. The van der Waals surface area contributed by atoms with Gasteiger partial charge in [-0.05, 0) is 23.6 Å². The lowest BCUT2D eigenvalue weighted by Gasteiger charge is -2.01. The Morgan fingerprint density at radius 2 is 2.33 bits per heavy atom. The molecule has 1 aliphatic heterocycles. The largest absolute Gasteiger partial charge is 0.493 e. The van der Waals surface area contributed by atoms with Crippen LogP contribution < -0.4 is 4.74 Å². The molecule has 0 aromatic heterocycles. The van der Waals surface area contributed by atoms with Gasteiger partial charge in [0.05, 0.1) is 6.61 Å². The van der Waals surface area contributed by atoms with Crippen LogP contribution in [-0.2, 0) is 12.8 Å². The van der Waals surface area contributed by atoms with E-state index in [0.717, 1.165) is 18.8 Å². The van der Waals surface area contributed by atoms with Crippen LogP contribution in [0.4, 0.5) is 0 Å². The van der Waals surface area contributed by atoms with Gasteiger partial charge in [-0.15, -0.1) is 0 Å². The monoisotopic (exact) mass is 160 g/mol. The molecule has 0 N–H and O–H groups in total. The molecule has 0 bridgehead atoms. The highest BCUT2D eigenvalue weighted by molar-refractivity contribution is 6.08. The summed E-state index contributed by atoms with van der Waals surface area (Å²) in [6, 6.07) is 6.56. The Morgan fingerprint density at radius 3 is 3.17 bits per heavy atom. The van der Waals surface area contributed by atoms with Crippen LogP contribution in [0.1, 0.15) is 11.1 Å². The van der Waals surface area contributed by atoms with E-state index < -0.39 is 0 Å². The van der Waals surface area contributed by atoms with Crippen molar-refractivity contribution in [2.75, 3.05) is 6.61 Å². The minimum atomic E-state index is 0.866. The third-order valence-electron chi connectivity index (χ3n) is 2.29. The van der Waals surface area contributed by atoms with Gasteiger partial charge < -0.3 is 4.74 Å². The summed E-state index contributed by atoms with van der Waals surface area (Å²) < 4.78 is 5.43. The molecule has 2 heteroatoms. The average Bonchev–Trinajstić information content (AvgIpc) is 2.51. The van der Waals surface area contributed by atoms with Crippen LogP contribution in [0.2, 0.25) is 6.32 Å². The summed E-state index contributed by atoms with van der Waals surface area (Å²) in [7, 11) is 2.21. The van der Waals surface area contributed by atoms with Gasteiger partial charge in [0.2, 0.25) is 0 Å². The molecule has 0 aliphatic carbocycles. The maximum atomic E-state index is 5.43. The van der Waals surface area contributed by atoms with Crippen molar-refractivity contribution < 1.29 is 4.74 Å². The lowest BCUT2D eigenvalue weighted by Crippen LogP contribution is -1.85. The smallest absolute Gasteiger partial charge is 0.122 e. The summed E-state index contributed by atoms with van der Waals surface area (Å²) in [4.78, 5) is 0. The summed E-state index contributed by atoms with van der Waals surface area (Å²) in [5.41, 5.74) is 2.84. The van der Waals surface area contributed by atoms with E-state index in [0.29, 0.717) is 0 Å². The third kappa shape index (κ3) is 1.34. The Kier molecular flexibility index (Phi) is 2.07. The van der Waals surface area contributed by atoms with Crippen molar-refractivity contribution in [3.63, 3.8) is 0 Å². The van der Waals surface area contributed by atoms with Crippen LogP contribution in [0, 0.1) is 0 Å². The highest BCUT2D eigenvalue weighted by Crippen LogP contribution is 2.26. The molecule has 1 aromatic rings. The maximum absolute atomic E-state index is 5.43. The van der Waals surface area contributed by atoms with Crippen LogP contribution >= 0.6 is 0 Å². The highest BCUT2D eigenvalue weighted by atomic mass is 16.5. The van der Waals surface area contributed by atoms with Gasteiger partial charge in [-0.3, -0.25) is 0 Å². The van der Waals surface area contributed by atoms with Crippen LogP contribution in [0.15, 0.2) is 18.2 Å². The third-order valence-corrected chi connectivity index (χ3v) is 2.29. The van der Waals surface area contributed by atoms with E-state index >= 15 is 0 Å². The normalized spacial score (nSPS) is 14.0. The molecule has 0 unspecified atom stereocenters. The lowest BCUT2D eigenvalue weighted by molar-refractivity contribution is 0.357. The number of fused-ring (bicyclic) bond motifs is 1. The van der Waals surface area contributed by atoms with Gasteiger partial charge in [-0.2, -0.15) is 0 Å². The van der Waals surface area contributed by atoms with E-state index in [2.05, 4.69) is 26.0 Å². The molecule has 12 heavy (non-hydrogen) atoms. The quantitative estimate of drug-likeness (QED) is 0.591. The topological polar surface area (TPSA) is 9.23 Å². The number of hydrogen-bond acceptors (Lipinski definition) is 1. The molecular weight excluding hydrogens is 147 g/mol. The first-order valence-electron chi connectivity index (χ1n) is 4.65. The molecule has 2 rings (SSSR count). The second-order valence-electron chi connectivity index (χ2n) is 3.29. The molecule has 1 nitrogen and oxygen atoms in total. The number of aryl methyl sites for hydroxylation is 1. The second kappa shape index (κ2) is 3.22. The van der Waals surface area contributed by atoms with E-state index in [1.54, 1.807) is 0 Å². The number of rotatable bonds is 2. The zero-order valence-corrected chi connectivity index (χ0v) is 7.47. The van der Waals surface area contributed by atoms with Gasteiger partial charge in [0.1, 0.15) is 13.6 Å². The maximum Gasteiger partial charge on any atom is 0.122 e. The summed E-state index contributed by atoms with van der Waals surface area (Å²) in [6.07, 6.45) is 3.50. The van der Waals surface area contributed by atoms with E-state index in [9.17, 15) is 0 Å². The second-order valence-corrected chi connectivity index (χ2v) is 3.29. The summed E-state index contributed by atoms with van der Waals surface area (Å²) in [6.45, 7) is 0.866. The van der Waals surface area contributed by atoms with E-state index in [1.807, 2.05) is 0 Å². The van der Waals surface area contributed by atoms with Crippen molar-refractivity contribution in [3.8, 4) is 5.75 Å². The molecule has 1 aliphatic rings. The van der Waals surface area contributed by atoms with E-state index in [4.69, 9.17) is 4.74 Å². The van der Waals surface area contributed by atoms with Crippen molar-refractivity contribution in [2.24, 2.45) is 0 Å². The zero-order chi connectivity index (χ0) is 8.39. The predicted molar refractivity (Wildman–Crippen MR) is 52.7 cm³/mol. The van der Waals surface area contributed by atoms with Gasteiger partial charge in [0.15, 0.2) is 0 Å². The molecule has 1 heterocycles. The Morgan fingerprint density at radius 1 is 1.42 bits per heavy atom. The minimum Gasteiger partial charge on any atom is -0.493 e. The zero-order valence-electron chi connectivity index (χ0n) is 7.47. The molecule has 0 amide bonds. The van der Waals surface area contributed by atoms with Crippen molar-refractivity contribution in [2.45, 2.75) is 19.2 Å². The molecule has 62 valence electrons. The average molecular weight is 160 g/mol. The fourth-order valence-corrected chi connectivity index (χ4v) is 1.68. The Balaban J connectivity index is 2.26. The van der Waals surface area contributed by atoms with Crippen LogP contribution in [-0.4, -0.2) is 14.5 Å². The van der Waals surface area contributed by atoms with Crippen molar-refractivity contribution in [1.82, 2.24) is 0 Å². The highest BCUT2D eigenvalue weighted by Gasteiger charge is 2.11. The van der Waals surface area contributed by atoms with Gasteiger partial charge in [-0.25, -0.2) is 0 Å². The summed E-state index contributed by atoms with van der Waals surface area (Å²) in [5, 5.41) is 0. The first-order valence-corrected chi connectivity index (χ1v) is 4.65. The molecule has 0 radical (unpaired) electrons. The first kappa shape index (κ1) is 7.72. The molecule has 0 saturated carbocycles. The Bertz CT molecular complexity index is 283. The Hall–Kier alpha value is -0.915. The van der Waals surface area contributed by atoms with Crippen molar-refractivity contribution in [1.29, 1.82) is 0 Å². The number of hydrogen-bond donors (Lipinski definition) is 0. The Labute approximate surface area is 74.2 Å². The minimum absolute atomic E-state index is 0.866. The molecule has 0 atom stereocenters.